The lowest BCUT2D eigenvalue weighted by molar-refractivity contribution is -0.119. The Morgan fingerprint density at radius 2 is 1.69 bits per heavy atom. The number of hydrogen-bond donors (Lipinski definition) is 1. The van der Waals surface area contributed by atoms with Gasteiger partial charge in [0.15, 0.2) is 0 Å². The van der Waals surface area contributed by atoms with Gasteiger partial charge in [-0.15, -0.1) is 0 Å². The number of nitrogens with one attached hydrogen (secondary N) is 1. The molecule has 0 saturated carbocycles. The van der Waals surface area contributed by atoms with Gasteiger partial charge in [0.2, 0.25) is 5.91 Å². The summed E-state index contributed by atoms with van der Waals surface area (Å²) in [6.45, 7) is 6.16. The van der Waals surface area contributed by atoms with Crippen molar-refractivity contribution in [1.29, 1.82) is 0 Å². The average molecular weight is 510 g/mol. The Labute approximate surface area is 212 Å². The van der Waals surface area contributed by atoms with Crippen molar-refractivity contribution in [3.05, 3.63) is 89.7 Å². The van der Waals surface area contributed by atoms with Crippen LogP contribution in [0.4, 0.5) is 15.8 Å². The van der Waals surface area contributed by atoms with Crippen LogP contribution in [0.3, 0.4) is 0 Å². The van der Waals surface area contributed by atoms with Crippen LogP contribution in [0.25, 0.3) is 0 Å². The van der Waals surface area contributed by atoms with E-state index in [4.69, 9.17) is 0 Å². The Morgan fingerprint density at radius 1 is 1.03 bits per heavy atom. The molecule has 3 aromatic rings. The molecule has 6 nitrogen and oxygen atoms in total. The van der Waals surface area contributed by atoms with Crippen LogP contribution in [0.15, 0.2) is 77.7 Å². The summed E-state index contributed by atoms with van der Waals surface area (Å²) in [4.78, 5) is 15.2. The molecule has 0 spiro atoms. The van der Waals surface area contributed by atoms with Gasteiger partial charge in [-0.3, -0.25) is 9.10 Å². The molecule has 1 amide bonds. The molecule has 8 heteroatoms. The second kappa shape index (κ2) is 11.1. The average Bonchev–Trinajstić information content (AvgIpc) is 2.87. The molecule has 1 atom stereocenters. The van der Waals surface area contributed by atoms with Crippen molar-refractivity contribution in [2.24, 2.45) is 5.92 Å². The third kappa shape index (κ3) is 6.23. The predicted molar refractivity (Wildman–Crippen MR) is 141 cm³/mol. The van der Waals surface area contributed by atoms with Gasteiger partial charge in [-0.1, -0.05) is 36.8 Å². The van der Waals surface area contributed by atoms with Crippen molar-refractivity contribution < 1.29 is 17.6 Å². The maximum absolute atomic E-state index is 13.4. The van der Waals surface area contributed by atoms with Crippen LogP contribution in [-0.4, -0.2) is 34.0 Å². The Kier molecular flexibility index (Phi) is 7.94. The highest BCUT2D eigenvalue weighted by molar-refractivity contribution is 7.92. The van der Waals surface area contributed by atoms with Gasteiger partial charge < -0.3 is 10.2 Å². The number of amides is 1. The summed E-state index contributed by atoms with van der Waals surface area (Å²) < 4.78 is 41.2. The van der Waals surface area contributed by atoms with Crippen molar-refractivity contribution >= 4 is 27.3 Å². The molecule has 3 aromatic carbocycles. The van der Waals surface area contributed by atoms with E-state index in [0.29, 0.717) is 11.6 Å². The van der Waals surface area contributed by atoms with Crippen LogP contribution in [0.5, 0.6) is 0 Å². The maximum atomic E-state index is 13.4. The molecular weight excluding hydrogens is 477 g/mol. The van der Waals surface area contributed by atoms with E-state index < -0.39 is 28.3 Å². The summed E-state index contributed by atoms with van der Waals surface area (Å²) in [6.07, 6.45) is 2.45. The number of carbonyl (C=O) groups is 1. The van der Waals surface area contributed by atoms with Crippen LogP contribution in [0.1, 0.15) is 30.9 Å². The molecule has 1 saturated heterocycles. The summed E-state index contributed by atoms with van der Waals surface area (Å²) in [7, 11) is -4.08. The number of halogens is 1. The number of hydrogen-bond acceptors (Lipinski definition) is 4. The van der Waals surface area contributed by atoms with E-state index >= 15 is 0 Å². The number of piperidine rings is 1. The standard InChI is InChI=1S/C28H32FN3O3S/c1-21-5-11-26(12-6-21)32(36(34,35)27-15-9-24(29)10-16-27)20-28(33)30-18-23-7-13-25(14-8-23)31-17-3-4-22(2)19-31/h5-16,22H,3-4,17-20H2,1-2H3,(H,30,33). The first kappa shape index (κ1) is 25.7. The van der Waals surface area contributed by atoms with Gasteiger partial charge in [0.1, 0.15) is 12.4 Å². The molecule has 1 aliphatic heterocycles. The zero-order chi connectivity index (χ0) is 25.7. The Balaban J connectivity index is 1.45. The van der Waals surface area contributed by atoms with Gasteiger partial charge >= 0.3 is 0 Å². The summed E-state index contributed by atoms with van der Waals surface area (Å²) in [6, 6.07) is 19.6. The van der Waals surface area contributed by atoms with Crippen LogP contribution in [0, 0.1) is 18.7 Å². The number of aryl methyl sites for hydroxylation is 1. The summed E-state index contributed by atoms with van der Waals surface area (Å²) in [5, 5.41) is 2.83. The summed E-state index contributed by atoms with van der Waals surface area (Å²) >= 11 is 0. The van der Waals surface area contributed by atoms with Crippen LogP contribution in [-0.2, 0) is 21.4 Å². The second-order valence-corrected chi connectivity index (χ2v) is 11.3. The Morgan fingerprint density at radius 3 is 2.33 bits per heavy atom. The van der Waals surface area contributed by atoms with Crippen molar-refractivity contribution in [1.82, 2.24) is 5.32 Å². The summed E-state index contributed by atoms with van der Waals surface area (Å²) in [5.74, 6) is -0.287. The SMILES string of the molecule is Cc1ccc(N(CC(=O)NCc2ccc(N3CCCC(C)C3)cc2)S(=O)(=O)c2ccc(F)cc2)cc1. The molecule has 1 N–H and O–H groups in total. The van der Waals surface area contributed by atoms with Crippen molar-refractivity contribution in [2.45, 2.75) is 38.1 Å². The lowest BCUT2D eigenvalue weighted by Gasteiger charge is -2.32. The number of carbonyl (C=O) groups excluding carboxylic acids is 1. The van der Waals surface area contributed by atoms with Crippen LogP contribution < -0.4 is 14.5 Å². The monoisotopic (exact) mass is 509 g/mol. The third-order valence-corrected chi connectivity index (χ3v) is 8.25. The first-order valence-electron chi connectivity index (χ1n) is 12.2. The highest BCUT2D eigenvalue weighted by atomic mass is 32.2. The van der Waals surface area contributed by atoms with E-state index in [0.717, 1.165) is 40.7 Å². The van der Waals surface area contributed by atoms with Crippen molar-refractivity contribution in [2.75, 3.05) is 28.8 Å². The number of nitrogens with zero attached hydrogens (tertiary/aromatic N) is 2. The Bertz CT molecular complexity index is 1280. The quantitative estimate of drug-likeness (QED) is 0.470. The molecule has 36 heavy (non-hydrogen) atoms. The third-order valence-electron chi connectivity index (χ3n) is 6.46. The van der Waals surface area contributed by atoms with Crippen molar-refractivity contribution in [3.63, 3.8) is 0 Å². The van der Waals surface area contributed by atoms with Gasteiger partial charge in [0, 0.05) is 25.3 Å². The highest BCUT2D eigenvalue weighted by Crippen LogP contribution is 2.25. The second-order valence-electron chi connectivity index (χ2n) is 9.44. The molecule has 0 radical (unpaired) electrons. The predicted octanol–water partition coefficient (Wildman–Crippen LogP) is 4.88. The largest absolute Gasteiger partial charge is 0.371 e. The number of rotatable bonds is 8. The maximum Gasteiger partial charge on any atom is 0.264 e. The lowest BCUT2D eigenvalue weighted by atomic mass is 9.99. The molecule has 1 unspecified atom stereocenters. The first-order chi connectivity index (χ1) is 17.2. The Hall–Kier alpha value is -3.39. The molecule has 1 aliphatic rings. The van der Waals surface area contributed by atoms with Crippen molar-refractivity contribution in [3.8, 4) is 0 Å². The molecule has 4 rings (SSSR count). The minimum Gasteiger partial charge on any atom is -0.371 e. The minimum absolute atomic E-state index is 0.0834. The molecule has 0 aliphatic carbocycles. The van der Waals surface area contributed by atoms with Gasteiger partial charge in [-0.2, -0.15) is 0 Å². The van der Waals surface area contributed by atoms with Gasteiger partial charge in [-0.05, 0) is 79.8 Å². The number of benzene rings is 3. The highest BCUT2D eigenvalue weighted by Gasteiger charge is 2.27. The normalized spacial score (nSPS) is 16.0. The molecule has 1 heterocycles. The lowest BCUT2D eigenvalue weighted by Crippen LogP contribution is -2.40. The fourth-order valence-electron chi connectivity index (χ4n) is 4.40. The molecule has 190 valence electrons. The van der Waals surface area contributed by atoms with E-state index in [-0.39, 0.29) is 11.4 Å². The summed E-state index contributed by atoms with van der Waals surface area (Å²) in [5.41, 5.74) is 3.43. The topological polar surface area (TPSA) is 69.7 Å². The molecule has 0 aromatic heterocycles. The molecule has 0 bridgehead atoms. The van der Waals surface area contributed by atoms with E-state index in [1.807, 2.05) is 19.1 Å². The molecule has 1 fully saturated rings. The van der Waals surface area contributed by atoms with Gasteiger partial charge in [-0.25, -0.2) is 12.8 Å². The van der Waals surface area contributed by atoms with Gasteiger partial charge in [0.25, 0.3) is 10.0 Å². The van der Waals surface area contributed by atoms with E-state index in [9.17, 15) is 17.6 Å². The fourth-order valence-corrected chi connectivity index (χ4v) is 5.82. The minimum atomic E-state index is -4.08. The smallest absolute Gasteiger partial charge is 0.264 e. The van der Waals surface area contributed by atoms with Crippen LogP contribution >= 0.6 is 0 Å². The number of sulfonamides is 1. The number of anilines is 2. The van der Waals surface area contributed by atoms with Crippen LogP contribution in [0.2, 0.25) is 0 Å². The van der Waals surface area contributed by atoms with E-state index in [1.165, 1.54) is 30.7 Å². The van der Waals surface area contributed by atoms with E-state index in [2.05, 4.69) is 29.3 Å². The zero-order valence-electron chi connectivity index (χ0n) is 20.7. The fraction of sp³-hybridized carbons (Fsp3) is 0.321. The molecular formula is C28H32FN3O3S. The first-order valence-corrected chi connectivity index (χ1v) is 13.6. The zero-order valence-corrected chi connectivity index (χ0v) is 21.5. The van der Waals surface area contributed by atoms with Gasteiger partial charge in [0.05, 0.1) is 10.6 Å². The van der Waals surface area contributed by atoms with E-state index in [1.54, 1.807) is 24.3 Å².